The van der Waals surface area contributed by atoms with Gasteiger partial charge in [-0.3, -0.25) is 0 Å². The molecule has 4 rings (SSSR count). The minimum atomic E-state index is 0.157. The predicted molar refractivity (Wildman–Crippen MR) is 105 cm³/mol. The summed E-state index contributed by atoms with van der Waals surface area (Å²) in [7, 11) is 0. The van der Waals surface area contributed by atoms with Crippen molar-refractivity contribution >= 4 is 23.2 Å². The average Bonchev–Trinajstić information content (AvgIpc) is 3.00. The average molecular weight is 369 g/mol. The molecule has 3 aromatic carbocycles. The Kier molecular flexibility index (Phi) is 4.45. The van der Waals surface area contributed by atoms with E-state index >= 15 is 0 Å². The Morgan fingerprint density at radius 1 is 0.960 bits per heavy atom. The fourth-order valence-corrected chi connectivity index (χ4v) is 3.87. The van der Waals surface area contributed by atoms with E-state index in [-0.39, 0.29) is 6.10 Å². The summed E-state index contributed by atoms with van der Waals surface area (Å²) in [6, 6.07) is 20.5. The van der Waals surface area contributed by atoms with Crippen LogP contribution >= 0.6 is 23.2 Å². The molecule has 0 aromatic heterocycles. The first kappa shape index (κ1) is 16.5. The van der Waals surface area contributed by atoms with Gasteiger partial charge >= 0.3 is 0 Å². The second kappa shape index (κ2) is 6.74. The van der Waals surface area contributed by atoms with Crippen LogP contribution in [0.1, 0.15) is 16.7 Å². The van der Waals surface area contributed by atoms with Crippen molar-refractivity contribution in [2.24, 2.45) is 0 Å². The van der Waals surface area contributed by atoms with E-state index in [0.717, 1.165) is 29.7 Å². The van der Waals surface area contributed by atoms with Gasteiger partial charge in [-0.2, -0.15) is 0 Å². The summed E-state index contributed by atoms with van der Waals surface area (Å²) < 4.78 is 6.32. The van der Waals surface area contributed by atoms with Gasteiger partial charge in [0.1, 0.15) is 11.9 Å². The molecule has 1 unspecified atom stereocenters. The normalized spacial score (nSPS) is 15.7. The third-order valence-electron chi connectivity index (χ3n) is 4.63. The van der Waals surface area contributed by atoms with Crippen LogP contribution in [-0.2, 0) is 12.8 Å². The largest absolute Gasteiger partial charge is 0.489 e. The number of halogens is 2. The molecule has 3 heteroatoms. The zero-order valence-corrected chi connectivity index (χ0v) is 15.4. The van der Waals surface area contributed by atoms with Gasteiger partial charge in [-0.1, -0.05) is 77.3 Å². The van der Waals surface area contributed by atoms with Crippen LogP contribution in [0.3, 0.4) is 0 Å². The highest BCUT2D eigenvalue weighted by Crippen LogP contribution is 2.42. The number of rotatable bonds is 3. The van der Waals surface area contributed by atoms with Gasteiger partial charge < -0.3 is 4.74 Å². The van der Waals surface area contributed by atoms with Gasteiger partial charge in [-0.25, -0.2) is 0 Å². The molecule has 1 aliphatic heterocycles. The molecule has 25 heavy (non-hydrogen) atoms. The van der Waals surface area contributed by atoms with E-state index in [2.05, 4.69) is 49.4 Å². The monoisotopic (exact) mass is 368 g/mol. The highest BCUT2D eigenvalue weighted by molar-refractivity contribution is 6.36. The van der Waals surface area contributed by atoms with E-state index < -0.39 is 0 Å². The van der Waals surface area contributed by atoms with Crippen LogP contribution in [0.25, 0.3) is 11.1 Å². The molecule has 1 aliphatic rings. The molecule has 0 aliphatic carbocycles. The maximum Gasteiger partial charge on any atom is 0.130 e. The standard InChI is InChI=1S/C22H18Cl2O/c1-14-5-7-15(8-6-14)11-18-12-16-3-2-4-20(22(16)25-18)19-10-9-17(23)13-21(19)24/h2-10,13,18H,11-12H2,1H3. The molecule has 1 atom stereocenters. The van der Waals surface area contributed by atoms with Gasteiger partial charge in [-0.05, 0) is 30.2 Å². The molecule has 1 nitrogen and oxygen atoms in total. The molecule has 0 saturated heterocycles. The third-order valence-corrected chi connectivity index (χ3v) is 5.18. The SMILES string of the molecule is Cc1ccc(CC2Cc3cccc(-c4ccc(Cl)cc4Cl)c3O2)cc1. The van der Waals surface area contributed by atoms with E-state index in [1.807, 2.05) is 12.1 Å². The Balaban J connectivity index is 1.62. The van der Waals surface area contributed by atoms with Crippen LogP contribution in [0, 0.1) is 6.92 Å². The highest BCUT2D eigenvalue weighted by Gasteiger charge is 2.26. The Bertz CT molecular complexity index is 916. The van der Waals surface area contributed by atoms with Crippen LogP contribution in [0.15, 0.2) is 60.7 Å². The lowest BCUT2D eigenvalue weighted by molar-refractivity contribution is 0.234. The molecule has 0 fully saturated rings. The molecular formula is C22H18Cl2O. The highest BCUT2D eigenvalue weighted by atomic mass is 35.5. The number of para-hydroxylation sites is 1. The van der Waals surface area contributed by atoms with Gasteiger partial charge in [0.2, 0.25) is 0 Å². The zero-order chi connectivity index (χ0) is 17.4. The summed E-state index contributed by atoms with van der Waals surface area (Å²) in [5.74, 6) is 0.948. The lowest BCUT2D eigenvalue weighted by Crippen LogP contribution is -2.16. The van der Waals surface area contributed by atoms with Crippen molar-refractivity contribution in [2.75, 3.05) is 0 Å². The Labute approximate surface area is 158 Å². The summed E-state index contributed by atoms with van der Waals surface area (Å²) in [5.41, 5.74) is 5.80. The first-order valence-corrected chi connectivity index (χ1v) is 9.15. The number of aryl methyl sites for hydroxylation is 1. The quantitative estimate of drug-likeness (QED) is 0.511. The first-order chi connectivity index (χ1) is 12.1. The summed E-state index contributed by atoms with van der Waals surface area (Å²) >= 11 is 12.4. The molecule has 0 bridgehead atoms. The van der Waals surface area contributed by atoms with Gasteiger partial charge in [0, 0.05) is 29.0 Å². The molecule has 0 N–H and O–H groups in total. The first-order valence-electron chi connectivity index (χ1n) is 8.39. The van der Waals surface area contributed by atoms with E-state index in [1.165, 1.54) is 16.7 Å². The predicted octanol–water partition coefficient (Wildman–Crippen LogP) is 6.52. The Morgan fingerprint density at radius 3 is 2.52 bits per heavy atom. The van der Waals surface area contributed by atoms with Crippen LogP contribution in [-0.4, -0.2) is 6.10 Å². The summed E-state index contributed by atoms with van der Waals surface area (Å²) in [6.45, 7) is 2.10. The van der Waals surface area contributed by atoms with E-state index in [9.17, 15) is 0 Å². The number of hydrogen-bond donors (Lipinski definition) is 0. The molecule has 1 heterocycles. The number of hydrogen-bond acceptors (Lipinski definition) is 1. The maximum absolute atomic E-state index is 6.41. The lowest BCUT2D eigenvalue weighted by atomic mass is 9.99. The van der Waals surface area contributed by atoms with Gasteiger partial charge in [-0.15, -0.1) is 0 Å². The maximum atomic E-state index is 6.41. The summed E-state index contributed by atoms with van der Waals surface area (Å²) in [5, 5.41) is 1.28. The molecule has 3 aromatic rings. The topological polar surface area (TPSA) is 9.23 Å². The van der Waals surface area contributed by atoms with Crippen molar-refractivity contribution in [1.29, 1.82) is 0 Å². The fraction of sp³-hybridized carbons (Fsp3) is 0.182. The van der Waals surface area contributed by atoms with Crippen LogP contribution in [0.4, 0.5) is 0 Å². The third kappa shape index (κ3) is 3.40. The van der Waals surface area contributed by atoms with Crippen molar-refractivity contribution < 1.29 is 4.74 Å². The molecule has 0 amide bonds. The van der Waals surface area contributed by atoms with Crippen molar-refractivity contribution in [3.63, 3.8) is 0 Å². The summed E-state index contributed by atoms with van der Waals surface area (Å²) in [4.78, 5) is 0. The molecule has 0 radical (unpaired) electrons. The van der Waals surface area contributed by atoms with Gasteiger partial charge in [0.05, 0.1) is 5.02 Å². The lowest BCUT2D eigenvalue weighted by Gasteiger charge is -2.14. The van der Waals surface area contributed by atoms with Crippen molar-refractivity contribution in [3.8, 4) is 16.9 Å². The molecule has 126 valence electrons. The second-order valence-corrected chi connectivity index (χ2v) is 7.40. The Hall–Kier alpha value is -1.96. The molecule has 0 saturated carbocycles. The van der Waals surface area contributed by atoms with Crippen LogP contribution in [0.5, 0.6) is 5.75 Å². The van der Waals surface area contributed by atoms with Crippen molar-refractivity contribution in [1.82, 2.24) is 0 Å². The van der Waals surface area contributed by atoms with E-state index in [0.29, 0.717) is 10.0 Å². The molecule has 0 spiro atoms. The number of benzene rings is 3. The minimum absolute atomic E-state index is 0.157. The van der Waals surface area contributed by atoms with Crippen LogP contribution in [0.2, 0.25) is 10.0 Å². The van der Waals surface area contributed by atoms with Gasteiger partial charge in [0.25, 0.3) is 0 Å². The second-order valence-electron chi connectivity index (χ2n) is 6.55. The Morgan fingerprint density at radius 2 is 1.76 bits per heavy atom. The van der Waals surface area contributed by atoms with E-state index in [1.54, 1.807) is 6.07 Å². The minimum Gasteiger partial charge on any atom is -0.489 e. The van der Waals surface area contributed by atoms with Crippen LogP contribution < -0.4 is 4.74 Å². The summed E-state index contributed by atoms with van der Waals surface area (Å²) in [6.07, 6.45) is 1.98. The zero-order valence-electron chi connectivity index (χ0n) is 13.9. The number of fused-ring (bicyclic) bond motifs is 1. The van der Waals surface area contributed by atoms with Crippen molar-refractivity contribution in [2.45, 2.75) is 25.9 Å². The molecular weight excluding hydrogens is 351 g/mol. The fourth-order valence-electron chi connectivity index (χ4n) is 3.36. The number of ether oxygens (including phenoxy) is 1. The van der Waals surface area contributed by atoms with Gasteiger partial charge in [0.15, 0.2) is 0 Å². The van der Waals surface area contributed by atoms with Crippen molar-refractivity contribution in [3.05, 3.63) is 87.4 Å². The smallest absolute Gasteiger partial charge is 0.130 e. The van der Waals surface area contributed by atoms with E-state index in [4.69, 9.17) is 27.9 Å².